The van der Waals surface area contributed by atoms with Crippen LogP contribution in [-0.2, 0) is 12.0 Å². The van der Waals surface area contributed by atoms with Gasteiger partial charge in [-0.25, -0.2) is 4.98 Å². The highest BCUT2D eigenvalue weighted by molar-refractivity contribution is 5.39. The molecule has 3 heteroatoms. The van der Waals surface area contributed by atoms with E-state index in [1.54, 1.807) is 0 Å². The summed E-state index contributed by atoms with van der Waals surface area (Å²) in [5.41, 5.74) is 7.21. The first-order chi connectivity index (χ1) is 6.88. The lowest BCUT2D eigenvalue weighted by Crippen LogP contribution is -2.24. The molecule has 2 N–H and O–H groups in total. The van der Waals surface area contributed by atoms with E-state index in [2.05, 4.69) is 37.2 Å². The van der Waals surface area contributed by atoms with Crippen molar-refractivity contribution >= 4 is 5.82 Å². The molecule has 0 saturated carbocycles. The van der Waals surface area contributed by atoms with Crippen molar-refractivity contribution in [2.24, 2.45) is 0 Å². The van der Waals surface area contributed by atoms with Gasteiger partial charge < -0.3 is 10.3 Å². The Morgan fingerprint density at radius 3 is 2.33 bits per heavy atom. The number of nitrogen functional groups attached to an aromatic ring is 1. The lowest BCUT2D eigenvalue weighted by Gasteiger charge is -2.24. The molecule has 3 nitrogen and oxygen atoms in total. The van der Waals surface area contributed by atoms with Gasteiger partial charge in [-0.15, -0.1) is 0 Å². The number of hydrogen-bond donors (Lipinski definition) is 1. The zero-order chi connectivity index (χ0) is 11.6. The van der Waals surface area contributed by atoms with Crippen LogP contribution < -0.4 is 5.73 Å². The summed E-state index contributed by atoms with van der Waals surface area (Å²) in [6.07, 6.45) is 3.33. The van der Waals surface area contributed by atoms with Gasteiger partial charge >= 0.3 is 0 Å². The van der Waals surface area contributed by atoms with Gasteiger partial charge in [-0.05, 0) is 40.5 Å². The molecule has 0 saturated heterocycles. The van der Waals surface area contributed by atoms with Crippen LogP contribution in [0.2, 0.25) is 0 Å². The molecular formula is C12H23N3. The third-order valence-corrected chi connectivity index (χ3v) is 2.59. The Balaban J connectivity index is 3.04. The maximum absolute atomic E-state index is 6.13. The van der Waals surface area contributed by atoms with E-state index in [1.165, 1.54) is 6.42 Å². The molecule has 0 aromatic carbocycles. The van der Waals surface area contributed by atoms with Crippen molar-refractivity contribution in [3.8, 4) is 0 Å². The van der Waals surface area contributed by atoms with E-state index in [0.29, 0.717) is 0 Å². The Hall–Kier alpha value is -0.990. The van der Waals surface area contributed by atoms with Crippen molar-refractivity contribution in [1.82, 2.24) is 9.55 Å². The van der Waals surface area contributed by atoms with Gasteiger partial charge in [0.2, 0.25) is 0 Å². The second-order valence-corrected chi connectivity index (χ2v) is 5.10. The van der Waals surface area contributed by atoms with Crippen molar-refractivity contribution in [1.29, 1.82) is 0 Å². The van der Waals surface area contributed by atoms with E-state index in [4.69, 9.17) is 5.73 Å². The summed E-state index contributed by atoms with van der Waals surface area (Å²) in [7, 11) is 0. The Bertz CT molecular complexity index is 331. The number of anilines is 1. The number of aryl methyl sites for hydroxylation is 2. The van der Waals surface area contributed by atoms with Crippen molar-refractivity contribution in [2.75, 3.05) is 5.73 Å². The topological polar surface area (TPSA) is 43.8 Å². The van der Waals surface area contributed by atoms with Gasteiger partial charge in [0.15, 0.2) is 0 Å². The summed E-state index contributed by atoms with van der Waals surface area (Å²) in [6.45, 7) is 10.7. The molecular weight excluding hydrogens is 186 g/mol. The van der Waals surface area contributed by atoms with E-state index < -0.39 is 0 Å². The van der Waals surface area contributed by atoms with Crippen LogP contribution in [0.4, 0.5) is 5.82 Å². The minimum absolute atomic E-state index is 0.0195. The molecule has 0 fully saturated rings. The highest BCUT2D eigenvalue weighted by Gasteiger charge is 2.21. The fourth-order valence-corrected chi connectivity index (χ4v) is 1.98. The lowest BCUT2D eigenvalue weighted by atomic mass is 10.1. The predicted octanol–water partition coefficient (Wildman–Crippen LogP) is 2.87. The molecule has 0 aliphatic carbocycles. The summed E-state index contributed by atoms with van der Waals surface area (Å²) < 4.78 is 2.12. The molecule has 15 heavy (non-hydrogen) atoms. The van der Waals surface area contributed by atoms with Crippen LogP contribution >= 0.6 is 0 Å². The fraction of sp³-hybridized carbons (Fsp3) is 0.750. The summed E-state index contributed by atoms with van der Waals surface area (Å²) in [5, 5.41) is 0. The standard InChI is InChI=1S/C12H23N3/c1-6-7-8-10-11(13)15(9(2)14-10)12(3,4)5/h6-8,13H2,1-5H3. The average Bonchev–Trinajstić information content (AvgIpc) is 2.36. The Labute approximate surface area is 92.7 Å². The molecule has 0 aliphatic rings. The second-order valence-electron chi connectivity index (χ2n) is 5.10. The van der Waals surface area contributed by atoms with Crippen LogP contribution in [0.15, 0.2) is 0 Å². The molecule has 0 bridgehead atoms. The first-order valence-electron chi connectivity index (χ1n) is 5.72. The van der Waals surface area contributed by atoms with Crippen LogP contribution in [0.1, 0.15) is 52.1 Å². The number of imidazole rings is 1. The summed E-state index contributed by atoms with van der Waals surface area (Å²) in [6, 6.07) is 0. The molecule has 0 atom stereocenters. The summed E-state index contributed by atoms with van der Waals surface area (Å²) in [4.78, 5) is 4.55. The molecule has 1 aromatic heterocycles. The maximum atomic E-state index is 6.13. The van der Waals surface area contributed by atoms with Gasteiger partial charge in [-0.3, -0.25) is 0 Å². The SMILES string of the molecule is CCCCc1nc(C)n(C(C)(C)C)c1N. The van der Waals surface area contributed by atoms with E-state index in [-0.39, 0.29) is 5.54 Å². The van der Waals surface area contributed by atoms with Crippen molar-refractivity contribution < 1.29 is 0 Å². The fourth-order valence-electron chi connectivity index (χ4n) is 1.98. The molecule has 86 valence electrons. The summed E-state index contributed by atoms with van der Waals surface area (Å²) >= 11 is 0. The van der Waals surface area contributed by atoms with E-state index in [1.807, 2.05) is 6.92 Å². The van der Waals surface area contributed by atoms with Crippen LogP contribution in [-0.4, -0.2) is 9.55 Å². The first-order valence-corrected chi connectivity index (χ1v) is 5.72. The average molecular weight is 209 g/mol. The van der Waals surface area contributed by atoms with E-state index >= 15 is 0 Å². The minimum Gasteiger partial charge on any atom is -0.384 e. The van der Waals surface area contributed by atoms with Crippen LogP contribution in [0, 0.1) is 6.92 Å². The number of nitrogens with zero attached hydrogens (tertiary/aromatic N) is 2. The monoisotopic (exact) mass is 209 g/mol. The minimum atomic E-state index is 0.0195. The third-order valence-electron chi connectivity index (χ3n) is 2.59. The van der Waals surface area contributed by atoms with Gasteiger partial charge in [-0.1, -0.05) is 13.3 Å². The van der Waals surface area contributed by atoms with Crippen molar-refractivity contribution in [3.63, 3.8) is 0 Å². The van der Waals surface area contributed by atoms with Crippen molar-refractivity contribution in [2.45, 2.75) is 59.4 Å². The molecule has 0 spiro atoms. The third kappa shape index (κ3) is 2.52. The van der Waals surface area contributed by atoms with Crippen LogP contribution in [0.25, 0.3) is 0 Å². The lowest BCUT2D eigenvalue weighted by molar-refractivity contribution is 0.393. The zero-order valence-corrected chi connectivity index (χ0v) is 10.6. The second kappa shape index (κ2) is 4.25. The van der Waals surface area contributed by atoms with Gasteiger partial charge in [0.1, 0.15) is 11.6 Å². The number of unbranched alkanes of at least 4 members (excludes halogenated alkanes) is 1. The largest absolute Gasteiger partial charge is 0.384 e. The Morgan fingerprint density at radius 1 is 1.33 bits per heavy atom. The van der Waals surface area contributed by atoms with Crippen molar-refractivity contribution in [3.05, 3.63) is 11.5 Å². The molecule has 0 amide bonds. The van der Waals surface area contributed by atoms with Gasteiger partial charge in [0, 0.05) is 5.54 Å². The molecule has 0 radical (unpaired) electrons. The van der Waals surface area contributed by atoms with Crippen LogP contribution in [0.5, 0.6) is 0 Å². The first kappa shape index (κ1) is 12.1. The van der Waals surface area contributed by atoms with Crippen LogP contribution in [0.3, 0.4) is 0 Å². The normalized spacial score (nSPS) is 12.1. The highest BCUT2D eigenvalue weighted by Crippen LogP contribution is 2.25. The predicted molar refractivity (Wildman–Crippen MR) is 65.0 cm³/mol. The molecule has 0 unspecified atom stereocenters. The zero-order valence-electron chi connectivity index (χ0n) is 10.6. The van der Waals surface area contributed by atoms with E-state index in [9.17, 15) is 0 Å². The highest BCUT2D eigenvalue weighted by atomic mass is 15.2. The Morgan fingerprint density at radius 2 is 1.93 bits per heavy atom. The van der Waals surface area contributed by atoms with Gasteiger partial charge in [0.05, 0.1) is 5.69 Å². The number of aromatic nitrogens is 2. The van der Waals surface area contributed by atoms with Gasteiger partial charge in [-0.2, -0.15) is 0 Å². The van der Waals surface area contributed by atoms with Gasteiger partial charge in [0.25, 0.3) is 0 Å². The number of hydrogen-bond acceptors (Lipinski definition) is 2. The summed E-state index contributed by atoms with van der Waals surface area (Å²) in [5.74, 6) is 1.86. The molecule has 1 rings (SSSR count). The molecule has 0 aliphatic heterocycles. The van der Waals surface area contributed by atoms with E-state index in [0.717, 1.165) is 30.2 Å². The number of rotatable bonds is 3. The quantitative estimate of drug-likeness (QED) is 0.832. The smallest absolute Gasteiger partial charge is 0.127 e. The molecule has 1 aromatic rings. The Kier molecular flexibility index (Phi) is 3.42. The molecule has 1 heterocycles. The number of nitrogens with two attached hydrogens (primary N) is 1. The maximum Gasteiger partial charge on any atom is 0.127 e.